The zero-order valence-electron chi connectivity index (χ0n) is 12.7. The number of H-pyrrole nitrogens is 1. The Hall–Kier alpha value is -3.22. The Morgan fingerprint density at radius 2 is 2.12 bits per heavy atom. The van der Waals surface area contributed by atoms with Gasteiger partial charge in [-0.25, -0.2) is 4.39 Å². The molecule has 1 aromatic carbocycles. The highest BCUT2D eigenvalue weighted by atomic mass is 19.1. The van der Waals surface area contributed by atoms with Crippen molar-refractivity contribution in [2.75, 3.05) is 6.54 Å². The topological polar surface area (TPSA) is 75.1 Å². The van der Waals surface area contributed by atoms with Gasteiger partial charge in [-0.3, -0.25) is 9.20 Å². The average molecular weight is 323 g/mol. The van der Waals surface area contributed by atoms with Crippen molar-refractivity contribution in [1.29, 1.82) is 0 Å². The number of carbonyl (C=O) groups excluding carboxylic acids is 1. The summed E-state index contributed by atoms with van der Waals surface area (Å²) in [5.74, 6) is 0.144. The molecule has 0 bridgehead atoms. The van der Waals surface area contributed by atoms with Gasteiger partial charge in [0, 0.05) is 30.1 Å². The van der Waals surface area contributed by atoms with Crippen LogP contribution in [0.4, 0.5) is 4.39 Å². The highest BCUT2D eigenvalue weighted by Gasteiger charge is 2.12. The van der Waals surface area contributed by atoms with Crippen molar-refractivity contribution in [2.24, 2.45) is 0 Å². The van der Waals surface area contributed by atoms with E-state index in [1.54, 1.807) is 12.1 Å². The van der Waals surface area contributed by atoms with Crippen LogP contribution < -0.4 is 5.32 Å². The fraction of sp³-hybridized carbons (Fsp3) is 0.118. The van der Waals surface area contributed by atoms with E-state index in [1.165, 1.54) is 12.1 Å². The van der Waals surface area contributed by atoms with Crippen LogP contribution in [0.15, 0.2) is 48.7 Å². The molecule has 4 rings (SSSR count). The number of benzene rings is 1. The minimum atomic E-state index is -0.349. The fourth-order valence-electron chi connectivity index (χ4n) is 2.69. The first kappa shape index (κ1) is 14.4. The standard InChI is InChI=1S/C17H14FN5O/c18-12-4-3-5-13-11(12)10-14(20-13)17(24)19-8-7-16-22-21-15-6-1-2-9-23(15)16/h1-6,9-10,20H,7-8H2,(H,19,24). The molecule has 4 aromatic rings. The lowest BCUT2D eigenvalue weighted by atomic mass is 10.2. The molecule has 1 amide bonds. The van der Waals surface area contributed by atoms with Crippen molar-refractivity contribution in [1.82, 2.24) is 24.9 Å². The smallest absolute Gasteiger partial charge is 0.267 e. The quantitative estimate of drug-likeness (QED) is 0.605. The van der Waals surface area contributed by atoms with Gasteiger partial charge in [0.1, 0.15) is 17.3 Å². The van der Waals surface area contributed by atoms with Gasteiger partial charge < -0.3 is 10.3 Å². The second-order valence-corrected chi connectivity index (χ2v) is 5.44. The van der Waals surface area contributed by atoms with Crippen LogP contribution in [0, 0.1) is 5.82 Å². The van der Waals surface area contributed by atoms with Gasteiger partial charge in [-0.05, 0) is 30.3 Å². The largest absolute Gasteiger partial charge is 0.350 e. The van der Waals surface area contributed by atoms with Gasteiger partial charge in [-0.1, -0.05) is 12.1 Å². The van der Waals surface area contributed by atoms with Crippen molar-refractivity contribution in [3.05, 3.63) is 66.0 Å². The van der Waals surface area contributed by atoms with E-state index < -0.39 is 0 Å². The number of nitrogens with zero attached hydrogens (tertiary/aromatic N) is 3. The molecule has 0 atom stereocenters. The minimum absolute atomic E-state index is 0.278. The molecule has 6 nitrogen and oxygen atoms in total. The highest BCUT2D eigenvalue weighted by Crippen LogP contribution is 2.18. The molecule has 0 saturated carbocycles. The summed E-state index contributed by atoms with van der Waals surface area (Å²) >= 11 is 0. The van der Waals surface area contributed by atoms with Crippen molar-refractivity contribution < 1.29 is 9.18 Å². The van der Waals surface area contributed by atoms with Crippen LogP contribution in [0.5, 0.6) is 0 Å². The van der Waals surface area contributed by atoms with Crippen LogP contribution in [0.3, 0.4) is 0 Å². The van der Waals surface area contributed by atoms with Crippen molar-refractivity contribution in [3.63, 3.8) is 0 Å². The lowest BCUT2D eigenvalue weighted by molar-refractivity contribution is 0.0950. The second-order valence-electron chi connectivity index (χ2n) is 5.44. The minimum Gasteiger partial charge on any atom is -0.350 e. The normalized spacial score (nSPS) is 11.2. The monoisotopic (exact) mass is 323 g/mol. The molecule has 2 N–H and O–H groups in total. The third-order valence-corrected chi connectivity index (χ3v) is 3.87. The van der Waals surface area contributed by atoms with Crippen LogP contribution in [0.1, 0.15) is 16.3 Å². The van der Waals surface area contributed by atoms with E-state index in [0.29, 0.717) is 29.6 Å². The molecule has 0 aliphatic carbocycles. The zero-order chi connectivity index (χ0) is 16.5. The van der Waals surface area contributed by atoms with Crippen LogP contribution in [0.25, 0.3) is 16.6 Å². The molecule has 24 heavy (non-hydrogen) atoms. The van der Waals surface area contributed by atoms with E-state index in [-0.39, 0.29) is 11.7 Å². The van der Waals surface area contributed by atoms with Crippen LogP contribution in [-0.4, -0.2) is 32.0 Å². The van der Waals surface area contributed by atoms with E-state index >= 15 is 0 Å². The summed E-state index contributed by atoms with van der Waals surface area (Å²) in [7, 11) is 0. The number of pyridine rings is 1. The van der Waals surface area contributed by atoms with Gasteiger partial charge in [-0.2, -0.15) is 0 Å². The molecule has 7 heteroatoms. The van der Waals surface area contributed by atoms with Gasteiger partial charge >= 0.3 is 0 Å². The first-order valence-corrected chi connectivity index (χ1v) is 7.56. The van der Waals surface area contributed by atoms with Crippen LogP contribution in [0.2, 0.25) is 0 Å². The van der Waals surface area contributed by atoms with E-state index in [1.807, 2.05) is 28.8 Å². The molecule has 3 aromatic heterocycles. The summed E-state index contributed by atoms with van der Waals surface area (Å²) in [4.78, 5) is 15.1. The number of aromatic amines is 1. The zero-order valence-corrected chi connectivity index (χ0v) is 12.7. The lowest BCUT2D eigenvalue weighted by Gasteiger charge is -2.03. The molecule has 120 valence electrons. The molecule has 0 unspecified atom stereocenters. The Kier molecular flexibility index (Phi) is 3.45. The highest BCUT2D eigenvalue weighted by molar-refractivity contribution is 5.98. The Morgan fingerprint density at radius 1 is 1.21 bits per heavy atom. The average Bonchev–Trinajstić information content (AvgIpc) is 3.20. The summed E-state index contributed by atoms with van der Waals surface area (Å²) in [6.07, 6.45) is 2.43. The maximum absolute atomic E-state index is 13.7. The van der Waals surface area contributed by atoms with Crippen molar-refractivity contribution in [2.45, 2.75) is 6.42 Å². The number of rotatable bonds is 4. The maximum atomic E-state index is 13.7. The number of amides is 1. The number of hydrogen-bond acceptors (Lipinski definition) is 3. The molecule has 0 saturated heterocycles. The third-order valence-electron chi connectivity index (χ3n) is 3.87. The molecule has 0 aliphatic heterocycles. The van der Waals surface area contributed by atoms with Gasteiger partial charge in [0.15, 0.2) is 5.65 Å². The molecular formula is C17H14FN5O. The molecule has 3 heterocycles. The summed E-state index contributed by atoms with van der Waals surface area (Å²) in [6, 6.07) is 11.9. The van der Waals surface area contributed by atoms with Crippen LogP contribution >= 0.6 is 0 Å². The first-order chi connectivity index (χ1) is 11.7. The number of fused-ring (bicyclic) bond motifs is 2. The Balaban J connectivity index is 1.45. The molecule has 0 aliphatic rings. The van der Waals surface area contributed by atoms with Crippen molar-refractivity contribution in [3.8, 4) is 0 Å². The van der Waals surface area contributed by atoms with E-state index in [0.717, 1.165) is 11.5 Å². The predicted octanol–water partition coefficient (Wildman–Crippen LogP) is 2.32. The molecule has 0 radical (unpaired) electrons. The number of hydrogen-bond donors (Lipinski definition) is 2. The summed E-state index contributed by atoms with van der Waals surface area (Å²) < 4.78 is 15.6. The Bertz CT molecular complexity index is 1040. The third kappa shape index (κ3) is 2.50. The molecule has 0 spiro atoms. The summed E-state index contributed by atoms with van der Waals surface area (Å²) in [5, 5.41) is 11.4. The SMILES string of the molecule is O=C(NCCc1nnc2ccccn12)c1cc2c(F)cccc2[nH]1. The van der Waals surface area contributed by atoms with Crippen LogP contribution in [-0.2, 0) is 6.42 Å². The predicted molar refractivity (Wildman–Crippen MR) is 87.3 cm³/mol. The number of nitrogens with one attached hydrogen (secondary N) is 2. The lowest BCUT2D eigenvalue weighted by Crippen LogP contribution is -2.26. The fourth-order valence-corrected chi connectivity index (χ4v) is 2.69. The van der Waals surface area contributed by atoms with E-state index in [4.69, 9.17) is 0 Å². The van der Waals surface area contributed by atoms with Gasteiger partial charge in [0.2, 0.25) is 0 Å². The summed E-state index contributed by atoms with van der Waals surface area (Å²) in [6.45, 7) is 0.409. The second kappa shape index (κ2) is 5.77. The van der Waals surface area contributed by atoms with Gasteiger partial charge in [0.25, 0.3) is 5.91 Å². The summed E-state index contributed by atoms with van der Waals surface area (Å²) in [5.41, 5.74) is 1.70. The molecule has 0 fully saturated rings. The van der Waals surface area contributed by atoms with Gasteiger partial charge in [-0.15, -0.1) is 10.2 Å². The number of aromatic nitrogens is 4. The Morgan fingerprint density at radius 3 is 3.00 bits per heavy atom. The van der Waals surface area contributed by atoms with E-state index in [9.17, 15) is 9.18 Å². The van der Waals surface area contributed by atoms with E-state index in [2.05, 4.69) is 20.5 Å². The first-order valence-electron chi connectivity index (χ1n) is 7.56. The number of carbonyl (C=O) groups is 1. The van der Waals surface area contributed by atoms with Crippen molar-refractivity contribution >= 4 is 22.5 Å². The Labute approximate surface area is 136 Å². The molecular weight excluding hydrogens is 309 g/mol. The maximum Gasteiger partial charge on any atom is 0.267 e. The number of halogens is 1. The van der Waals surface area contributed by atoms with Gasteiger partial charge in [0.05, 0.1) is 0 Å².